The number of nitrogens with two attached hydrogens (primary N) is 1. The third-order valence-corrected chi connectivity index (χ3v) is 10.6. The van der Waals surface area contributed by atoms with Gasteiger partial charge in [-0.15, -0.1) is 0 Å². The summed E-state index contributed by atoms with van der Waals surface area (Å²) in [6.07, 6.45) is 9.94. The standard InChI is InChI=1S/C24H40N4O2/c1-14(4-9-22(25)30)18-7-8-19-17-6-5-15-12-16(27-28-26)10-11-23(15,2)20(17)13-21(29)24(18,19)3/h14-21,29H,4-13H2,1-3H3,(H2,25,30)/t14-,15-,16+,17+,18-,19+,20+,21+,23+,24-/m1/s1. The van der Waals surface area contributed by atoms with Crippen molar-refractivity contribution in [3.63, 3.8) is 0 Å². The molecule has 4 rings (SSSR count). The van der Waals surface area contributed by atoms with Gasteiger partial charge >= 0.3 is 0 Å². The van der Waals surface area contributed by atoms with Gasteiger partial charge in [0.15, 0.2) is 0 Å². The van der Waals surface area contributed by atoms with E-state index in [2.05, 4.69) is 30.8 Å². The highest BCUT2D eigenvalue weighted by atomic mass is 16.3. The zero-order valence-electron chi connectivity index (χ0n) is 19.0. The number of aliphatic hydroxyl groups is 1. The van der Waals surface area contributed by atoms with Crippen molar-refractivity contribution in [2.45, 2.75) is 97.1 Å². The monoisotopic (exact) mass is 416 g/mol. The van der Waals surface area contributed by atoms with E-state index in [0.29, 0.717) is 41.9 Å². The molecule has 0 unspecified atom stereocenters. The number of nitrogens with zero attached hydrogens (tertiary/aromatic N) is 3. The van der Waals surface area contributed by atoms with Crippen molar-refractivity contribution in [3.8, 4) is 0 Å². The number of carbonyl (C=O) groups is 1. The Labute approximate surface area is 181 Å². The maximum atomic E-state index is 11.6. The van der Waals surface area contributed by atoms with Crippen LogP contribution >= 0.6 is 0 Å². The summed E-state index contributed by atoms with van der Waals surface area (Å²) in [5, 5.41) is 15.6. The molecule has 0 aromatic carbocycles. The second kappa shape index (κ2) is 8.02. The smallest absolute Gasteiger partial charge is 0.217 e. The van der Waals surface area contributed by atoms with Gasteiger partial charge in [0.05, 0.1) is 6.10 Å². The Hall–Kier alpha value is -1.26. The third kappa shape index (κ3) is 3.35. The number of primary amides is 1. The summed E-state index contributed by atoms with van der Waals surface area (Å²) < 4.78 is 0. The summed E-state index contributed by atoms with van der Waals surface area (Å²) >= 11 is 0. The minimum atomic E-state index is -0.266. The third-order valence-electron chi connectivity index (χ3n) is 10.6. The topological polar surface area (TPSA) is 112 Å². The number of aliphatic hydroxyl groups excluding tert-OH is 1. The zero-order valence-corrected chi connectivity index (χ0v) is 19.0. The van der Waals surface area contributed by atoms with Crippen LogP contribution in [0.25, 0.3) is 10.4 Å². The normalized spacial score (nSPS) is 48.6. The first-order valence-corrected chi connectivity index (χ1v) is 12.2. The highest BCUT2D eigenvalue weighted by molar-refractivity contribution is 5.73. The van der Waals surface area contributed by atoms with E-state index in [4.69, 9.17) is 11.3 Å². The van der Waals surface area contributed by atoms with Crippen molar-refractivity contribution in [1.29, 1.82) is 0 Å². The number of carbonyl (C=O) groups excluding carboxylic acids is 1. The lowest BCUT2D eigenvalue weighted by atomic mass is 9.43. The molecule has 4 aliphatic carbocycles. The molecule has 0 aromatic heterocycles. The van der Waals surface area contributed by atoms with Crippen LogP contribution < -0.4 is 5.73 Å². The first kappa shape index (κ1) is 22.0. The maximum Gasteiger partial charge on any atom is 0.217 e. The van der Waals surface area contributed by atoms with Crippen molar-refractivity contribution < 1.29 is 9.90 Å². The van der Waals surface area contributed by atoms with Crippen LogP contribution in [0.15, 0.2) is 5.11 Å². The van der Waals surface area contributed by atoms with Gasteiger partial charge in [-0.3, -0.25) is 4.79 Å². The predicted octanol–water partition coefficient (Wildman–Crippen LogP) is 5.20. The molecule has 1 amide bonds. The molecule has 168 valence electrons. The first-order valence-electron chi connectivity index (χ1n) is 12.2. The Morgan fingerprint density at radius 1 is 1.20 bits per heavy atom. The van der Waals surface area contributed by atoms with E-state index in [9.17, 15) is 9.90 Å². The van der Waals surface area contributed by atoms with Gasteiger partial charge in [-0.05, 0) is 110 Å². The van der Waals surface area contributed by atoms with Crippen LogP contribution in [0.2, 0.25) is 0 Å². The summed E-state index contributed by atoms with van der Waals surface area (Å²) in [4.78, 5) is 14.4. The van der Waals surface area contributed by atoms with Gasteiger partial charge < -0.3 is 10.8 Å². The summed E-state index contributed by atoms with van der Waals surface area (Å²) in [5.41, 5.74) is 14.5. The average Bonchev–Trinajstić information content (AvgIpc) is 3.06. The second-order valence-corrected chi connectivity index (χ2v) is 11.6. The molecule has 30 heavy (non-hydrogen) atoms. The van der Waals surface area contributed by atoms with E-state index >= 15 is 0 Å². The zero-order chi connectivity index (χ0) is 21.7. The number of hydrogen-bond acceptors (Lipinski definition) is 3. The number of rotatable bonds is 5. The molecule has 3 N–H and O–H groups in total. The Bertz CT molecular complexity index is 722. The van der Waals surface area contributed by atoms with Crippen LogP contribution in [0.4, 0.5) is 0 Å². The molecule has 0 aromatic rings. The minimum absolute atomic E-state index is 0.0380. The molecule has 4 saturated carbocycles. The lowest BCUT2D eigenvalue weighted by molar-refractivity contribution is -0.169. The van der Waals surface area contributed by atoms with Crippen molar-refractivity contribution in [1.82, 2.24) is 0 Å². The van der Waals surface area contributed by atoms with Gasteiger partial charge in [0.25, 0.3) is 0 Å². The van der Waals surface area contributed by atoms with E-state index in [1.54, 1.807) is 0 Å². The van der Waals surface area contributed by atoms with Crippen LogP contribution in [0.3, 0.4) is 0 Å². The molecule has 4 aliphatic rings. The van der Waals surface area contributed by atoms with E-state index in [-0.39, 0.29) is 28.9 Å². The van der Waals surface area contributed by atoms with Gasteiger partial charge in [-0.25, -0.2) is 0 Å². The minimum Gasteiger partial charge on any atom is -0.393 e. The summed E-state index contributed by atoms with van der Waals surface area (Å²) in [6.45, 7) is 7.08. The molecule has 4 fully saturated rings. The fourth-order valence-corrected chi connectivity index (χ4v) is 8.91. The molecule has 6 nitrogen and oxygen atoms in total. The summed E-state index contributed by atoms with van der Waals surface area (Å²) in [5.74, 6) is 3.16. The predicted molar refractivity (Wildman–Crippen MR) is 117 cm³/mol. The Morgan fingerprint density at radius 3 is 2.67 bits per heavy atom. The molecule has 0 spiro atoms. The molecule has 0 radical (unpaired) electrons. The fraction of sp³-hybridized carbons (Fsp3) is 0.958. The molecule has 0 heterocycles. The number of hydrogen-bond donors (Lipinski definition) is 2. The maximum absolute atomic E-state index is 11.6. The SMILES string of the molecule is C[C@H](CCC(N)=O)[C@H]1CC[C@H]2[C@@H]3CC[C@@H]4C[C@@H](N=[N+]=[N-])CC[C@]4(C)[C@H]3C[C@H](O)[C@]12C. The van der Waals surface area contributed by atoms with Gasteiger partial charge in [0.1, 0.15) is 0 Å². The summed E-state index contributed by atoms with van der Waals surface area (Å²) in [6, 6.07) is 0.158. The number of amides is 1. The molecule has 0 bridgehead atoms. The van der Waals surface area contributed by atoms with Crippen molar-refractivity contribution >= 4 is 5.91 Å². The molecule has 10 atom stereocenters. The first-order chi connectivity index (χ1) is 14.2. The summed E-state index contributed by atoms with van der Waals surface area (Å²) in [7, 11) is 0. The molecule has 0 aliphatic heterocycles. The van der Waals surface area contributed by atoms with Crippen molar-refractivity contribution in [3.05, 3.63) is 10.4 Å². The number of fused-ring (bicyclic) bond motifs is 5. The van der Waals surface area contributed by atoms with Crippen LogP contribution in [0, 0.1) is 46.3 Å². The fourth-order valence-electron chi connectivity index (χ4n) is 8.91. The average molecular weight is 417 g/mol. The quantitative estimate of drug-likeness (QED) is 0.365. The largest absolute Gasteiger partial charge is 0.393 e. The van der Waals surface area contributed by atoms with Crippen LogP contribution in [0.5, 0.6) is 0 Å². The van der Waals surface area contributed by atoms with E-state index in [0.717, 1.165) is 32.1 Å². The van der Waals surface area contributed by atoms with Crippen LogP contribution in [-0.4, -0.2) is 23.2 Å². The van der Waals surface area contributed by atoms with Crippen molar-refractivity contribution in [2.75, 3.05) is 0 Å². The lowest BCUT2D eigenvalue weighted by Gasteiger charge is -2.62. The molecular weight excluding hydrogens is 376 g/mol. The van der Waals surface area contributed by atoms with Gasteiger partial charge in [0.2, 0.25) is 5.91 Å². The van der Waals surface area contributed by atoms with Gasteiger partial charge in [-0.2, -0.15) is 0 Å². The molecular formula is C24H40N4O2. The Morgan fingerprint density at radius 2 is 1.97 bits per heavy atom. The molecule has 6 heteroatoms. The Kier molecular flexibility index (Phi) is 5.87. The van der Waals surface area contributed by atoms with E-state index in [1.807, 2.05) is 0 Å². The highest BCUT2D eigenvalue weighted by Gasteiger charge is 2.63. The molecule has 0 saturated heterocycles. The van der Waals surface area contributed by atoms with E-state index in [1.165, 1.54) is 25.7 Å². The van der Waals surface area contributed by atoms with Crippen LogP contribution in [-0.2, 0) is 4.79 Å². The second-order valence-electron chi connectivity index (χ2n) is 11.6. The van der Waals surface area contributed by atoms with Crippen molar-refractivity contribution in [2.24, 2.45) is 57.2 Å². The van der Waals surface area contributed by atoms with Crippen LogP contribution in [0.1, 0.15) is 85.0 Å². The van der Waals surface area contributed by atoms with Gasteiger partial charge in [0, 0.05) is 17.4 Å². The van der Waals surface area contributed by atoms with E-state index < -0.39 is 0 Å². The lowest BCUT2D eigenvalue weighted by Crippen LogP contribution is -2.58. The van der Waals surface area contributed by atoms with Gasteiger partial charge in [-0.1, -0.05) is 25.9 Å². The highest BCUT2D eigenvalue weighted by Crippen LogP contribution is 2.68. The Balaban J connectivity index is 1.55. The number of azide groups is 1.